The fourth-order valence-electron chi connectivity index (χ4n) is 4.42. The summed E-state index contributed by atoms with van der Waals surface area (Å²) in [4.78, 5) is 12.3. The van der Waals surface area contributed by atoms with Crippen LogP contribution in [-0.4, -0.2) is 85.8 Å². The lowest BCUT2D eigenvalue weighted by atomic mass is 10.0. The second-order valence-electron chi connectivity index (χ2n) is 10.1. The highest BCUT2D eigenvalue weighted by Crippen LogP contribution is 2.33. The number of carbonyl (C=O) groups is 1. The van der Waals surface area contributed by atoms with Crippen molar-refractivity contribution < 1.29 is 37.8 Å². The average molecular weight is 578 g/mol. The van der Waals surface area contributed by atoms with Crippen molar-refractivity contribution in [2.24, 2.45) is 17.0 Å². The summed E-state index contributed by atoms with van der Waals surface area (Å²) in [6.45, 7) is 6.96. The summed E-state index contributed by atoms with van der Waals surface area (Å²) in [6, 6.07) is 16.2. The molecule has 1 amide bonds. The number of aryl methyl sites for hydroxylation is 1. The molecule has 2 aliphatic rings. The molecule has 0 spiro atoms. The molecule has 220 valence electrons. The first kappa shape index (κ1) is 31.5. The van der Waals surface area contributed by atoms with Gasteiger partial charge >= 0.3 is 6.09 Å². The quantitative estimate of drug-likeness (QED) is 0.186. The van der Waals surface area contributed by atoms with Gasteiger partial charge in [0.25, 0.3) is 0 Å². The van der Waals surface area contributed by atoms with Gasteiger partial charge < -0.3 is 19.4 Å². The van der Waals surface area contributed by atoms with Crippen molar-refractivity contribution in [2.75, 3.05) is 32.8 Å². The monoisotopic (exact) mass is 577 g/mol. The summed E-state index contributed by atoms with van der Waals surface area (Å²) in [6.07, 6.45) is 0.406. The lowest BCUT2D eigenvalue weighted by molar-refractivity contribution is -0.0926. The van der Waals surface area contributed by atoms with Gasteiger partial charge in [-0.3, -0.25) is 5.21 Å². The molecule has 0 aromatic heterocycles. The van der Waals surface area contributed by atoms with E-state index in [1.165, 1.54) is 40.3 Å². The molecule has 40 heavy (non-hydrogen) atoms. The average Bonchev–Trinajstić information content (AvgIpc) is 3.54. The molecule has 3 atom stereocenters. The van der Waals surface area contributed by atoms with Crippen molar-refractivity contribution in [3.05, 3.63) is 65.7 Å². The van der Waals surface area contributed by atoms with Crippen LogP contribution in [0.1, 0.15) is 37.8 Å². The Kier molecular flexibility index (Phi) is 11.9. The smallest absolute Gasteiger partial charge is 0.434 e. The zero-order chi connectivity index (χ0) is 29.1. The molecule has 12 heteroatoms. The maximum atomic E-state index is 13.1. The lowest BCUT2D eigenvalue weighted by Crippen LogP contribution is -2.38. The number of hydroxylamine groups is 2. The second kappa shape index (κ2) is 15.1. The zero-order valence-corrected chi connectivity index (χ0v) is 23.9. The Bertz CT molecular complexity index is 1190. The van der Waals surface area contributed by atoms with Gasteiger partial charge in [0, 0.05) is 13.1 Å². The first-order valence-corrected chi connectivity index (χ1v) is 14.8. The number of carbonyl (C=O) groups excluding carboxylic acids is 1. The Balaban J connectivity index is 0.000000547. The van der Waals surface area contributed by atoms with Gasteiger partial charge in [0.15, 0.2) is 6.29 Å². The number of benzene rings is 2. The molecule has 2 saturated heterocycles. The van der Waals surface area contributed by atoms with Crippen LogP contribution in [0.3, 0.4) is 0 Å². The fourth-order valence-corrected chi connectivity index (χ4v) is 6.06. The number of sulfonamides is 1. The molecule has 0 saturated carbocycles. The van der Waals surface area contributed by atoms with E-state index in [1.807, 2.05) is 32.0 Å². The van der Waals surface area contributed by atoms with Gasteiger partial charge in [0.2, 0.25) is 10.0 Å². The molecular formula is C28H39N3O8S. The molecule has 0 aliphatic carbocycles. The molecule has 2 N–H and O–H groups in total. The summed E-state index contributed by atoms with van der Waals surface area (Å²) in [5.41, 5.74) is 1.88. The Morgan fingerprint density at radius 3 is 2.42 bits per heavy atom. The van der Waals surface area contributed by atoms with E-state index in [2.05, 4.69) is 24.2 Å². The van der Waals surface area contributed by atoms with E-state index in [0.29, 0.717) is 17.2 Å². The molecule has 0 bridgehead atoms. The van der Waals surface area contributed by atoms with Crippen LogP contribution in [0.2, 0.25) is 0 Å². The van der Waals surface area contributed by atoms with Crippen molar-refractivity contribution in [1.82, 2.24) is 9.37 Å². The van der Waals surface area contributed by atoms with Gasteiger partial charge in [0.1, 0.15) is 6.10 Å². The third-order valence-electron chi connectivity index (χ3n) is 6.46. The van der Waals surface area contributed by atoms with Crippen LogP contribution in [0.25, 0.3) is 0 Å². The Morgan fingerprint density at radius 2 is 1.82 bits per heavy atom. The SMILES string of the molecule is CC(C)CN(CCCN(O)C(=O)OC1COC2OCCC12)S(=O)(=O)c1ccc(C=NO)cc1.Cc1ccccc1. The predicted octanol–water partition coefficient (Wildman–Crippen LogP) is 4.12. The maximum absolute atomic E-state index is 13.1. The summed E-state index contributed by atoms with van der Waals surface area (Å²) in [5.74, 6) is 0.0313. The molecule has 2 aliphatic heterocycles. The molecule has 4 rings (SSSR count). The molecule has 0 radical (unpaired) electrons. The summed E-state index contributed by atoms with van der Waals surface area (Å²) >= 11 is 0. The molecular weight excluding hydrogens is 538 g/mol. The minimum absolute atomic E-state index is 0.0379. The van der Waals surface area contributed by atoms with Crippen molar-refractivity contribution >= 4 is 22.3 Å². The van der Waals surface area contributed by atoms with Crippen molar-refractivity contribution in [3.63, 3.8) is 0 Å². The maximum Gasteiger partial charge on any atom is 0.434 e. The Labute approximate surface area is 235 Å². The highest BCUT2D eigenvalue weighted by Gasteiger charge is 2.44. The van der Waals surface area contributed by atoms with Crippen LogP contribution in [0.4, 0.5) is 4.79 Å². The van der Waals surface area contributed by atoms with E-state index < -0.39 is 22.2 Å². The molecule has 11 nitrogen and oxygen atoms in total. The summed E-state index contributed by atoms with van der Waals surface area (Å²) in [5, 5.41) is 22.1. The van der Waals surface area contributed by atoms with Gasteiger partial charge in [-0.15, -0.1) is 0 Å². The van der Waals surface area contributed by atoms with Crippen LogP contribution in [-0.2, 0) is 24.2 Å². The third kappa shape index (κ3) is 9.00. The number of oxime groups is 1. The van der Waals surface area contributed by atoms with Gasteiger partial charge in [-0.25, -0.2) is 13.2 Å². The van der Waals surface area contributed by atoms with Crippen LogP contribution in [0.15, 0.2) is 64.6 Å². The molecule has 2 fully saturated rings. The number of ether oxygens (including phenoxy) is 3. The highest BCUT2D eigenvalue weighted by atomic mass is 32.2. The van der Waals surface area contributed by atoms with E-state index >= 15 is 0 Å². The van der Waals surface area contributed by atoms with Gasteiger partial charge in [-0.05, 0) is 43.4 Å². The molecule has 2 heterocycles. The number of amides is 1. The van der Waals surface area contributed by atoms with Gasteiger partial charge in [-0.1, -0.05) is 67.0 Å². The van der Waals surface area contributed by atoms with Crippen LogP contribution >= 0.6 is 0 Å². The van der Waals surface area contributed by atoms with E-state index in [1.54, 1.807) is 0 Å². The highest BCUT2D eigenvalue weighted by molar-refractivity contribution is 7.89. The van der Waals surface area contributed by atoms with Gasteiger partial charge in [-0.2, -0.15) is 9.37 Å². The predicted molar refractivity (Wildman–Crippen MR) is 148 cm³/mol. The number of rotatable bonds is 10. The van der Waals surface area contributed by atoms with Crippen molar-refractivity contribution in [1.29, 1.82) is 0 Å². The summed E-state index contributed by atoms with van der Waals surface area (Å²) in [7, 11) is -3.79. The lowest BCUT2D eigenvalue weighted by Gasteiger charge is -2.25. The third-order valence-corrected chi connectivity index (χ3v) is 8.34. The first-order chi connectivity index (χ1) is 19.1. The normalized spacial score (nSPS) is 20.4. The van der Waals surface area contributed by atoms with E-state index in [-0.39, 0.29) is 55.7 Å². The van der Waals surface area contributed by atoms with E-state index in [0.717, 1.165) is 6.42 Å². The number of nitrogens with zero attached hydrogens (tertiary/aromatic N) is 3. The Hall–Kier alpha value is -3.03. The minimum atomic E-state index is -3.79. The van der Waals surface area contributed by atoms with Crippen LogP contribution in [0.5, 0.6) is 0 Å². The van der Waals surface area contributed by atoms with Crippen molar-refractivity contribution in [3.8, 4) is 0 Å². The van der Waals surface area contributed by atoms with E-state index in [4.69, 9.17) is 19.4 Å². The second-order valence-corrected chi connectivity index (χ2v) is 12.1. The topological polar surface area (TPSA) is 138 Å². The molecule has 2 aromatic carbocycles. The largest absolute Gasteiger partial charge is 0.442 e. The minimum Gasteiger partial charge on any atom is -0.442 e. The Morgan fingerprint density at radius 1 is 1.12 bits per heavy atom. The van der Waals surface area contributed by atoms with E-state index in [9.17, 15) is 18.4 Å². The summed E-state index contributed by atoms with van der Waals surface area (Å²) < 4.78 is 43.8. The van der Waals surface area contributed by atoms with Crippen LogP contribution < -0.4 is 0 Å². The first-order valence-electron chi connectivity index (χ1n) is 13.3. The fraction of sp³-hybridized carbons (Fsp3) is 0.500. The van der Waals surface area contributed by atoms with Crippen molar-refractivity contribution in [2.45, 2.75) is 50.9 Å². The van der Waals surface area contributed by atoms with Crippen LogP contribution in [0, 0.1) is 18.8 Å². The van der Waals surface area contributed by atoms with Gasteiger partial charge in [0.05, 0.1) is 36.8 Å². The molecule has 3 unspecified atom stereocenters. The number of fused-ring (bicyclic) bond motifs is 1. The zero-order valence-electron chi connectivity index (χ0n) is 23.1. The number of hydrogen-bond acceptors (Lipinski definition) is 9. The standard InChI is InChI=1S/C21H31N3O8S.C7H8/c1-15(2)13-23(33(28,29)17-6-4-16(5-7-17)12-22-26)9-3-10-24(27)21(25)32-19-14-31-20-18(19)8-11-30-20;1-7-5-3-2-4-6-7/h4-7,12,15,18-20,26-27H,3,8-11,13-14H2,1-2H3;2-6H,1H3. The number of hydrogen-bond donors (Lipinski definition) is 2. The molecule has 2 aromatic rings.